The first-order valence-electron chi connectivity index (χ1n) is 13.6. The molecule has 2 aromatic heterocycles. The molecule has 0 aliphatic carbocycles. The van der Waals surface area contributed by atoms with Crippen LogP contribution in [0.1, 0.15) is 39.8 Å². The second kappa shape index (κ2) is 12.6. The molecule has 5 rings (SSSR count). The molecule has 2 aliphatic rings. The topological polar surface area (TPSA) is 169 Å². The van der Waals surface area contributed by atoms with E-state index in [0.29, 0.717) is 39.5 Å². The summed E-state index contributed by atoms with van der Waals surface area (Å²) in [7, 11) is -2.20. The number of aromatic amines is 1. The van der Waals surface area contributed by atoms with Crippen molar-refractivity contribution in [2.24, 2.45) is 0 Å². The van der Waals surface area contributed by atoms with Gasteiger partial charge >= 0.3 is 5.97 Å². The van der Waals surface area contributed by atoms with Crippen molar-refractivity contribution in [2.45, 2.75) is 36.9 Å². The molecule has 1 aromatic carbocycles. The molecule has 3 aromatic rings. The Morgan fingerprint density at radius 2 is 2.05 bits per heavy atom. The fourth-order valence-corrected chi connectivity index (χ4v) is 8.09. The molecule has 2 amide bonds. The number of benzene rings is 1. The maximum atomic E-state index is 13.8. The van der Waals surface area contributed by atoms with Gasteiger partial charge in [-0.3, -0.25) is 19.3 Å². The molecular formula is C27H30ClN7O6S2. The Morgan fingerprint density at radius 1 is 1.26 bits per heavy atom. The molecule has 2 aliphatic heterocycles. The zero-order valence-corrected chi connectivity index (χ0v) is 25.9. The van der Waals surface area contributed by atoms with Gasteiger partial charge < -0.3 is 19.9 Å². The van der Waals surface area contributed by atoms with Crippen molar-refractivity contribution in [2.75, 3.05) is 46.4 Å². The van der Waals surface area contributed by atoms with E-state index in [2.05, 4.69) is 21.4 Å². The summed E-state index contributed by atoms with van der Waals surface area (Å²) in [6.07, 6.45) is 0.337. The van der Waals surface area contributed by atoms with Crippen molar-refractivity contribution in [3.05, 3.63) is 44.9 Å². The number of aromatic nitrogens is 2. The average molecular weight is 648 g/mol. The normalized spacial score (nSPS) is 19.5. The Labute approximate surface area is 257 Å². The van der Waals surface area contributed by atoms with Gasteiger partial charge in [0.15, 0.2) is 5.01 Å². The highest BCUT2D eigenvalue weighted by Crippen LogP contribution is 2.34. The van der Waals surface area contributed by atoms with Crippen molar-refractivity contribution in [1.82, 2.24) is 29.4 Å². The standard InChI is InChI=1S/C27H30ClN7O6S2/c1-3-41-24(37)14-30-22(36)12-18-15-34(43(39,40)23-11-16-10-17(28)4-5-19(16)31-23)8-9-35(18)27(38)26-32-20-6-7-33(2)21(13-29)25(20)42-26/h4-5,10-11,18,21,31H,3,6-9,12,14-15H2,1-2H3,(H,30,36). The summed E-state index contributed by atoms with van der Waals surface area (Å²) in [6, 6.07) is 7.38. The van der Waals surface area contributed by atoms with E-state index in [1.165, 1.54) is 15.3 Å². The Kier molecular flexibility index (Phi) is 9.04. The number of rotatable bonds is 8. The Bertz CT molecular complexity index is 1720. The van der Waals surface area contributed by atoms with Gasteiger partial charge in [0.05, 0.1) is 29.3 Å². The molecule has 0 saturated carbocycles. The van der Waals surface area contributed by atoms with Crippen molar-refractivity contribution < 1.29 is 27.5 Å². The van der Waals surface area contributed by atoms with Crippen LogP contribution in [0.25, 0.3) is 10.9 Å². The molecule has 4 heterocycles. The Balaban J connectivity index is 1.40. The van der Waals surface area contributed by atoms with Gasteiger partial charge in [0.1, 0.15) is 17.6 Å². The quantitative estimate of drug-likeness (QED) is 0.347. The monoisotopic (exact) mass is 647 g/mol. The van der Waals surface area contributed by atoms with Crippen LogP contribution in [-0.4, -0.2) is 103 Å². The first-order chi connectivity index (χ1) is 20.5. The van der Waals surface area contributed by atoms with Crippen molar-refractivity contribution in [1.29, 1.82) is 5.26 Å². The zero-order valence-electron chi connectivity index (χ0n) is 23.5. The van der Waals surface area contributed by atoms with Crippen molar-refractivity contribution in [3.8, 4) is 6.07 Å². The van der Waals surface area contributed by atoms with Crippen LogP contribution in [0.3, 0.4) is 0 Å². The molecule has 16 heteroatoms. The zero-order chi connectivity index (χ0) is 30.9. The molecule has 2 unspecified atom stereocenters. The van der Waals surface area contributed by atoms with E-state index in [1.54, 1.807) is 25.1 Å². The fraction of sp³-hybridized carbons (Fsp3) is 0.444. The van der Waals surface area contributed by atoms with E-state index in [4.69, 9.17) is 16.3 Å². The van der Waals surface area contributed by atoms with Crippen LogP contribution < -0.4 is 5.32 Å². The van der Waals surface area contributed by atoms with Gasteiger partial charge in [-0.1, -0.05) is 11.6 Å². The van der Waals surface area contributed by atoms with Crippen molar-refractivity contribution in [3.63, 3.8) is 0 Å². The Hall–Kier alpha value is -3.55. The second-order valence-electron chi connectivity index (χ2n) is 10.3. The number of nitrogens with zero attached hydrogens (tertiary/aromatic N) is 5. The maximum Gasteiger partial charge on any atom is 0.325 e. The summed E-state index contributed by atoms with van der Waals surface area (Å²) in [6.45, 7) is 1.91. The second-order valence-corrected chi connectivity index (χ2v) is 13.6. The third kappa shape index (κ3) is 6.38. The number of fused-ring (bicyclic) bond motifs is 2. The lowest BCUT2D eigenvalue weighted by Crippen LogP contribution is -2.57. The van der Waals surface area contributed by atoms with Crippen molar-refractivity contribution >= 4 is 61.6 Å². The molecular weight excluding hydrogens is 618 g/mol. The van der Waals surface area contributed by atoms with Crippen LogP contribution in [0, 0.1) is 11.3 Å². The van der Waals surface area contributed by atoms with Gasteiger partial charge in [0.25, 0.3) is 15.9 Å². The van der Waals surface area contributed by atoms with Gasteiger partial charge in [-0.25, -0.2) is 13.4 Å². The third-order valence-corrected chi connectivity index (χ3v) is 10.6. The third-order valence-electron chi connectivity index (χ3n) is 7.46. The van der Waals surface area contributed by atoms with E-state index in [0.717, 1.165) is 11.3 Å². The van der Waals surface area contributed by atoms with E-state index < -0.39 is 39.9 Å². The summed E-state index contributed by atoms with van der Waals surface area (Å²) in [5.74, 6) is -1.60. The average Bonchev–Trinajstić information content (AvgIpc) is 3.61. The minimum atomic E-state index is -4.04. The summed E-state index contributed by atoms with van der Waals surface area (Å²) in [4.78, 5) is 50.0. The lowest BCUT2D eigenvalue weighted by Gasteiger charge is -2.40. The highest BCUT2D eigenvalue weighted by molar-refractivity contribution is 7.89. The predicted molar refractivity (Wildman–Crippen MR) is 158 cm³/mol. The predicted octanol–water partition coefficient (Wildman–Crippen LogP) is 1.92. The van der Waals surface area contributed by atoms with Crippen LogP contribution in [0.4, 0.5) is 0 Å². The smallest absolute Gasteiger partial charge is 0.325 e. The SMILES string of the molecule is CCOC(=O)CNC(=O)CC1CN(S(=O)(=O)c2cc3cc(Cl)ccc3[nH]2)CCN1C(=O)c1nc2c(s1)C(C#N)N(C)CC2. The number of carbonyl (C=O) groups excluding carboxylic acids is 3. The lowest BCUT2D eigenvalue weighted by atomic mass is 10.1. The summed E-state index contributed by atoms with van der Waals surface area (Å²) in [5.41, 5.74) is 1.29. The summed E-state index contributed by atoms with van der Waals surface area (Å²) < 4.78 is 33.5. The maximum absolute atomic E-state index is 13.8. The molecule has 2 atom stereocenters. The van der Waals surface area contributed by atoms with E-state index in [9.17, 15) is 28.1 Å². The molecule has 43 heavy (non-hydrogen) atoms. The number of likely N-dealkylation sites (N-methyl/N-ethyl adjacent to an activating group) is 1. The highest BCUT2D eigenvalue weighted by atomic mass is 35.5. The number of hydrogen-bond donors (Lipinski definition) is 2. The minimum Gasteiger partial charge on any atom is -0.465 e. The fourth-order valence-electron chi connectivity index (χ4n) is 5.25. The first-order valence-corrected chi connectivity index (χ1v) is 16.3. The van der Waals surface area contributed by atoms with Gasteiger partial charge in [-0.05, 0) is 38.2 Å². The van der Waals surface area contributed by atoms with Gasteiger partial charge in [-0.2, -0.15) is 9.57 Å². The van der Waals surface area contributed by atoms with E-state index >= 15 is 0 Å². The minimum absolute atomic E-state index is 0.00573. The highest BCUT2D eigenvalue weighted by Gasteiger charge is 2.40. The number of amides is 2. The van der Waals surface area contributed by atoms with Gasteiger partial charge in [0, 0.05) is 54.9 Å². The first kappa shape index (κ1) is 30.9. The molecule has 228 valence electrons. The van der Waals surface area contributed by atoms with Crippen LogP contribution >= 0.6 is 22.9 Å². The molecule has 13 nitrogen and oxygen atoms in total. The molecule has 0 bridgehead atoms. The van der Waals surface area contributed by atoms with Gasteiger partial charge in [0.2, 0.25) is 5.91 Å². The number of hydrogen-bond acceptors (Lipinski definition) is 10. The Morgan fingerprint density at radius 3 is 2.79 bits per heavy atom. The number of carbonyl (C=O) groups is 3. The molecule has 0 spiro atoms. The van der Waals surface area contributed by atoms with E-state index in [-0.39, 0.29) is 49.2 Å². The van der Waals surface area contributed by atoms with Crippen LogP contribution in [0.2, 0.25) is 5.02 Å². The van der Waals surface area contributed by atoms with Crippen LogP contribution in [-0.2, 0) is 30.8 Å². The molecule has 2 N–H and O–H groups in total. The lowest BCUT2D eigenvalue weighted by molar-refractivity contribution is -0.143. The largest absolute Gasteiger partial charge is 0.465 e. The number of ether oxygens (including phenoxy) is 1. The number of halogens is 1. The number of thiazole rings is 1. The molecule has 0 radical (unpaired) electrons. The van der Waals surface area contributed by atoms with Gasteiger partial charge in [-0.15, -0.1) is 11.3 Å². The number of nitrogens with one attached hydrogen (secondary N) is 2. The summed E-state index contributed by atoms with van der Waals surface area (Å²) in [5, 5.41) is 13.4. The molecule has 1 saturated heterocycles. The number of sulfonamides is 1. The number of nitriles is 1. The van der Waals surface area contributed by atoms with E-state index in [1.807, 2.05) is 11.9 Å². The number of esters is 1. The number of H-pyrrole nitrogens is 1. The van der Waals surface area contributed by atoms with Crippen LogP contribution in [0.5, 0.6) is 0 Å². The molecule has 1 fully saturated rings. The van der Waals surface area contributed by atoms with Crippen LogP contribution in [0.15, 0.2) is 29.3 Å². The summed E-state index contributed by atoms with van der Waals surface area (Å²) >= 11 is 7.22. The number of piperazine rings is 1.